The van der Waals surface area contributed by atoms with Gasteiger partial charge in [0.2, 0.25) is 5.91 Å². The number of ether oxygens (including phenoxy) is 1. The summed E-state index contributed by atoms with van der Waals surface area (Å²) in [4.78, 5) is 15.5. The van der Waals surface area contributed by atoms with Crippen molar-refractivity contribution in [1.29, 1.82) is 0 Å². The summed E-state index contributed by atoms with van der Waals surface area (Å²) in [6.07, 6.45) is 4.35. The van der Waals surface area contributed by atoms with Gasteiger partial charge in [0.1, 0.15) is 10.8 Å². The molecule has 2 heterocycles. The van der Waals surface area contributed by atoms with Gasteiger partial charge < -0.3 is 10.1 Å². The number of aryl methyl sites for hydroxylation is 1. The molecule has 0 radical (unpaired) electrons. The number of hydrogen-bond donors (Lipinski definition) is 1. The Balaban J connectivity index is 1.87. The molecule has 0 unspecified atom stereocenters. The second-order valence-electron chi connectivity index (χ2n) is 7.21. The van der Waals surface area contributed by atoms with Crippen molar-refractivity contribution in [2.24, 2.45) is 0 Å². The van der Waals surface area contributed by atoms with Gasteiger partial charge in [-0.1, -0.05) is 18.2 Å². The van der Waals surface area contributed by atoms with E-state index in [-0.39, 0.29) is 17.8 Å². The number of anilines is 1. The molecular formula is C21H25FN2O2S. The lowest BCUT2D eigenvalue weighted by atomic mass is 9.88. The molecule has 27 heavy (non-hydrogen) atoms. The molecule has 0 saturated carbocycles. The first-order valence-corrected chi connectivity index (χ1v) is 10.4. The van der Waals surface area contributed by atoms with Crippen LogP contribution in [0.15, 0.2) is 24.3 Å². The van der Waals surface area contributed by atoms with Crippen LogP contribution in [-0.2, 0) is 22.4 Å². The Morgan fingerprint density at radius 3 is 2.70 bits per heavy atom. The molecule has 0 bridgehead atoms. The molecule has 6 heteroatoms. The molecule has 1 saturated heterocycles. The summed E-state index contributed by atoms with van der Waals surface area (Å²) in [6, 6.07) is 6.82. The minimum atomic E-state index is -0.199. The molecule has 2 aromatic rings. The molecule has 0 spiro atoms. The molecule has 1 N–H and O–H groups in total. The van der Waals surface area contributed by atoms with Crippen molar-refractivity contribution in [3.8, 4) is 0 Å². The molecule has 144 valence electrons. The minimum Gasteiger partial charge on any atom is -0.379 e. The van der Waals surface area contributed by atoms with E-state index in [4.69, 9.17) is 4.74 Å². The molecule has 1 aromatic carbocycles. The Bertz CT molecular complexity index is 830. The van der Waals surface area contributed by atoms with Crippen molar-refractivity contribution in [2.45, 2.75) is 38.6 Å². The maximum Gasteiger partial charge on any atom is 0.221 e. The lowest BCUT2D eigenvalue weighted by molar-refractivity contribution is -0.114. The van der Waals surface area contributed by atoms with Gasteiger partial charge in [-0.2, -0.15) is 0 Å². The number of nitrogens with one attached hydrogen (secondary N) is 1. The summed E-state index contributed by atoms with van der Waals surface area (Å²) in [5.74, 6) is -0.275. The van der Waals surface area contributed by atoms with Crippen molar-refractivity contribution in [2.75, 3.05) is 31.6 Å². The van der Waals surface area contributed by atoms with Crippen molar-refractivity contribution >= 4 is 22.2 Å². The van der Waals surface area contributed by atoms with Crippen LogP contribution in [0, 0.1) is 5.82 Å². The van der Waals surface area contributed by atoms with Crippen LogP contribution in [0.3, 0.4) is 0 Å². The zero-order valence-electron chi connectivity index (χ0n) is 15.6. The Morgan fingerprint density at radius 1 is 1.22 bits per heavy atom. The zero-order chi connectivity index (χ0) is 18.8. The predicted octanol–water partition coefficient (Wildman–Crippen LogP) is 4.15. The van der Waals surface area contributed by atoms with Crippen molar-refractivity contribution in [3.63, 3.8) is 0 Å². The van der Waals surface area contributed by atoms with E-state index in [1.54, 1.807) is 17.4 Å². The second kappa shape index (κ2) is 8.09. The molecular weight excluding hydrogens is 363 g/mol. The number of amides is 1. The zero-order valence-corrected chi connectivity index (χ0v) is 16.4. The first-order chi connectivity index (χ1) is 13.1. The van der Waals surface area contributed by atoms with Crippen LogP contribution >= 0.6 is 11.3 Å². The fourth-order valence-electron chi connectivity index (χ4n) is 4.20. The SMILES string of the molecule is CC(=O)Nc1sc2c(c1[C@H](c1ccccc1F)N1CCOCC1)CCCC2. The van der Waals surface area contributed by atoms with Crippen molar-refractivity contribution in [3.05, 3.63) is 51.7 Å². The Labute approximate surface area is 163 Å². The van der Waals surface area contributed by atoms with Gasteiger partial charge in [-0.3, -0.25) is 9.69 Å². The van der Waals surface area contributed by atoms with Gasteiger partial charge >= 0.3 is 0 Å². The predicted molar refractivity (Wildman–Crippen MR) is 106 cm³/mol. The van der Waals surface area contributed by atoms with E-state index in [1.807, 2.05) is 12.1 Å². The molecule has 1 amide bonds. The van der Waals surface area contributed by atoms with Gasteiger partial charge in [0, 0.05) is 36.0 Å². The lowest BCUT2D eigenvalue weighted by Crippen LogP contribution is -2.40. The number of thiophene rings is 1. The highest BCUT2D eigenvalue weighted by Gasteiger charge is 2.33. The highest BCUT2D eigenvalue weighted by atomic mass is 32.1. The second-order valence-corrected chi connectivity index (χ2v) is 8.31. The van der Waals surface area contributed by atoms with Crippen LogP contribution in [0.25, 0.3) is 0 Å². The van der Waals surface area contributed by atoms with Crippen LogP contribution in [0.1, 0.15) is 47.4 Å². The van der Waals surface area contributed by atoms with Crippen LogP contribution in [0.4, 0.5) is 9.39 Å². The van der Waals surface area contributed by atoms with E-state index >= 15 is 0 Å². The number of fused-ring (bicyclic) bond motifs is 1. The molecule has 1 fully saturated rings. The summed E-state index contributed by atoms with van der Waals surface area (Å²) in [5.41, 5.74) is 3.09. The average molecular weight is 389 g/mol. The van der Waals surface area contributed by atoms with Crippen LogP contribution in [0.5, 0.6) is 0 Å². The van der Waals surface area contributed by atoms with E-state index < -0.39 is 0 Å². The van der Waals surface area contributed by atoms with E-state index in [2.05, 4.69) is 10.2 Å². The summed E-state index contributed by atoms with van der Waals surface area (Å²) in [5, 5.41) is 3.92. The molecule has 1 atom stereocenters. The van der Waals surface area contributed by atoms with Crippen molar-refractivity contribution in [1.82, 2.24) is 4.90 Å². The largest absolute Gasteiger partial charge is 0.379 e. The number of morpholine rings is 1. The first kappa shape index (κ1) is 18.6. The molecule has 2 aliphatic rings. The number of carbonyl (C=O) groups is 1. The van der Waals surface area contributed by atoms with E-state index in [1.165, 1.54) is 29.9 Å². The van der Waals surface area contributed by atoms with Gasteiger partial charge in [-0.15, -0.1) is 11.3 Å². The third kappa shape index (κ3) is 3.79. The molecule has 1 aliphatic heterocycles. The van der Waals surface area contributed by atoms with Gasteiger partial charge in [0.25, 0.3) is 0 Å². The summed E-state index contributed by atoms with van der Waals surface area (Å²) < 4.78 is 20.4. The highest BCUT2D eigenvalue weighted by Crippen LogP contribution is 2.45. The third-order valence-electron chi connectivity index (χ3n) is 5.39. The number of rotatable bonds is 4. The number of benzene rings is 1. The average Bonchev–Trinajstić information content (AvgIpc) is 3.02. The summed E-state index contributed by atoms with van der Waals surface area (Å²) >= 11 is 1.67. The molecule has 4 nitrogen and oxygen atoms in total. The smallest absolute Gasteiger partial charge is 0.221 e. The van der Waals surface area contributed by atoms with E-state index in [0.29, 0.717) is 18.8 Å². The van der Waals surface area contributed by atoms with Crippen LogP contribution in [0.2, 0.25) is 0 Å². The fourth-order valence-corrected chi connectivity index (χ4v) is 5.57. The van der Waals surface area contributed by atoms with Gasteiger partial charge in [0.15, 0.2) is 0 Å². The first-order valence-electron chi connectivity index (χ1n) is 9.63. The Kier molecular flexibility index (Phi) is 5.57. The van der Waals surface area contributed by atoms with Gasteiger partial charge in [-0.25, -0.2) is 4.39 Å². The van der Waals surface area contributed by atoms with Gasteiger partial charge in [-0.05, 0) is 37.3 Å². The molecule has 1 aromatic heterocycles. The van der Waals surface area contributed by atoms with E-state index in [0.717, 1.165) is 42.9 Å². The van der Waals surface area contributed by atoms with E-state index in [9.17, 15) is 9.18 Å². The maximum absolute atomic E-state index is 14.9. The Hall–Kier alpha value is -1.76. The van der Waals surface area contributed by atoms with Gasteiger partial charge in [0.05, 0.1) is 19.3 Å². The number of carbonyl (C=O) groups excluding carboxylic acids is 1. The number of halogens is 1. The third-order valence-corrected chi connectivity index (χ3v) is 6.61. The Morgan fingerprint density at radius 2 is 1.96 bits per heavy atom. The molecule has 1 aliphatic carbocycles. The van der Waals surface area contributed by atoms with Crippen LogP contribution < -0.4 is 5.32 Å². The highest BCUT2D eigenvalue weighted by molar-refractivity contribution is 7.16. The lowest BCUT2D eigenvalue weighted by Gasteiger charge is -2.36. The maximum atomic E-state index is 14.9. The number of hydrogen-bond acceptors (Lipinski definition) is 4. The summed E-state index contributed by atoms with van der Waals surface area (Å²) in [7, 11) is 0. The standard InChI is InChI=1S/C21H25FN2O2S/c1-14(25)23-21-19(16-7-3-5-9-18(16)27-21)20(24-10-12-26-13-11-24)15-6-2-4-8-17(15)22/h2,4,6,8,20H,3,5,7,9-13H2,1H3,(H,23,25)/t20-/m0/s1. The number of nitrogens with zero attached hydrogens (tertiary/aromatic N) is 1. The normalized spacial score (nSPS) is 18.7. The monoisotopic (exact) mass is 388 g/mol. The molecule has 4 rings (SSSR count). The van der Waals surface area contributed by atoms with Crippen LogP contribution in [-0.4, -0.2) is 37.1 Å². The van der Waals surface area contributed by atoms with Crippen molar-refractivity contribution < 1.29 is 13.9 Å². The summed E-state index contributed by atoms with van der Waals surface area (Å²) in [6.45, 7) is 4.33. The topological polar surface area (TPSA) is 41.6 Å². The quantitative estimate of drug-likeness (QED) is 0.856. The minimum absolute atomic E-state index is 0.0795. The fraction of sp³-hybridized carbons (Fsp3) is 0.476.